The number of hydrogen-bond donors (Lipinski definition) is 2. The van der Waals surface area contributed by atoms with Gasteiger partial charge in [-0.3, -0.25) is 0 Å². The Bertz CT molecular complexity index is 397. The highest BCUT2D eigenvalue weighted by atomic mass is 79.9. The van der Waals surface area contributed by atoms with Gasteiger partial charge in [0.1, 0.15) is 5.75 Å². The second-order valence-electron chi connectivity index (χ2n) is 5.09. The Labute approximate surface area is 112 Å². The number of piperidine rings is 1. The summed E-state index contributed by atoms with van der Waals surface area (Å²) in [6.45, 7) is 5.32. The Hall–Kier alpha value is -0.540. The van der Waals surface area contributed by atoms with Crippen LogP contribution in [0.4, 0.5) is 0 Å². The number of phenols is 1. The molecule has 1 fully saturated rings. The zero-order chi connectivity index (χ0) is 12.4. The minimum Gasteiger partial charge on any atom is -0.508 e. The molecule has 1 aliphatic heterocycles. The fourth-order valence-electron chi connectivity index (χ4n) is 2.43. The minimum atomic E-state index is 0.307. The van der Waals surface area contributed by atoms with Gasteiger partial charge in [-0.2, -0.15) is 0 Å². The summed E-state index contributed by atoms with van der Waals surface area (Å²) in [5.41, 5.74) is 2.20. The van der Waals surface area contributed by atoms with E-state index in [1.807, 2.05) is 6.07 Å². The molecule has 1 unspecified atom stereocenters. The van der Waals surface area contributed by atoms with Gasteiger partial charge in [-0.05, 0) is 43.0 Å². The van der Waals surface area contributed by atoms with Crippen molar-refractivity contribution in [1.29, 1.82) is 0 Å². The number of phenolic OH excluding ortho intramolecular Hbond substituents is 1. The number of benzene rings is 1. The zero-order valence-electron chi connectivity index (χ0n) is 10.5. The van der Waals surface area contributed by atoms with Gasteiger partial charge >= 0.3 is 0 Å². The monoisotopic (exact) mass is 297 g/mol. The third kappa shape index (κ3) is 2.83. The van der Waals surface area contributed by atoms with E-state index in [-0.39, 0.29) is 0 Å². The molecule has 1 aromatic rings. The van der Waals surface area contributed by atoms with Crippen LogP contribution in [0.25, 0.3) is 0 Å². The summed E-state index contributed by atoms with van der Waals surface area (Å²) in [5.74, 6) is 0.847. The van der Waals surface area contributed by atoms with Crippen molar-refractivity contribution in [3.63, 3.8) is 0 Å². The Morgan fingerprint density at radius 1 is 1.35 bits per heavy atom. The first-order chi connectivity index (χ1) is 8.09. The van der Waals surface area contributed by atoms with Crippen LogP contribution in [0.5, 0.6) is 5.75 Å². The van der Waals surface area contributed by atoms with Gasteiger partial charge in [0.25, 0.3) is 0 Å². The molecular formula is C14H20BrNO. The summed E-state index contributed by atoms with van der Waals surface area (Å²) in [5, 5.41) is 13.6. The van der Waals surface area contributed by atoms with Gasteiger partial charge in [-0.25, -0.2) is 0 Å². The van der Waals surface area contributed by atoms with Gasteiger partial charge < -0.3 is 10.4 Å². The van der Waals surface area contributed by atoms with Gasteiger partial charge in [0.05, 0.1) is 0 Å². The first-order valence-corrected chi connectivity index (χ1v) is 7.14. The van der Waals surface area contributed by atoms with Crippen molar-refractivity contribution in [1.82, 2.24) is 5.32 Å². The molecule has 3 heteroatoms. The third-order valence-corrected chi connectivity index (χ3v) is 4.14. The summed E-state index contributed by atoms with van der Waals surface area (Å²) in [6.07, 6.45) is 3.59. The number of aromatic hydroxyl groups is 1. The van der Waals surface area contributed by atoms with E-state index in [2.05, 4.69) is 41.2 Å². The van der Waals surface area contributed by atoms with E-state index in [1.165, 1.54) is 18.4 Å². The Kier molecular flexibility index (Phi) is 4.10. The number of nitrogens with one attached hydrogen (secondary N) is 1. The normalized spacial score (nSPS) is 20.8. The molecule has 1 saturated heterocycles. The van der Waals surface area contributed by atoms with Crippen LogP contribution in [0.15, 0.2) is 16.6 Å². The first-order valence-electron chi connectivity index (χ1n) is 6.35. The maximum Gasteiger partial charge on any atom is 0.120 e. The van der Waals surface area contributed by atoms with Crippen LogP contribution < -0.4 is 5.32 Å². The average molecular weight is 298 g/mol. The smallest absolute Gasteiger partial charge is 0.120 e. The predicted molar refractivity (Wildman–Crippen MR) is 74.5 cm³/mol. The maximum absolute atomic E-state index is 10.2. The predicted octanol–water partition coefficient (Wildman–Crippen LogP) is 4.09. The van der Waals surface area contributed by atoms with Crippen LogP contribution in [-0.4, -0.2) is 11.7 Å². The molecule has 0 aromatic heterocycles. The molecule has 0 spiro atoms. The lowest BCUT2D eigenvalue weighted by Gasteiger charge is -2.25. The molecule has 17 heavy (non-hydrogen) atoms. The zero-order valence-corrected chi connectivity index (χ0v) is 12.0. The summed E-state index contributed by atoms with van der Waals surface area (Å²) < 4.78 is 1.10. The van der Waals surface area contributed by atoms with Crippen molar-refractivity contribution >= 4 is 15.9 Å². The maximum atomic E-state index is 10.2. The molecule has 0 radical (unpaired) electrons. The molecule has 2 N–H and O–H groups in total. The SMILES string of the molecule is CC(C)c1cc(O)c(C2CCCCN2)cc1Br. The summed E-state index contributed by atoms with van der Waals surface area (Å²) in [6, 6.07) is 4.29. The second-order valence-corrected chi connectivity index (χ2v) is 5.94. The van der Waals surface area contributed by atoms with Crippen LogP contribution >= 0.6 is 15.9 Å². The van der Waals surface area contributed by atoms with Crippen molar-refractivity contribution in [2.75, 3.05) is 6.54 Å². The highest BCUT2D eigenvalue weighted by molar-refractivity contribution is 9.10. The molecule has 2 nitrogen and oxygen atoms in total. The molecule has 1 aliphatic rings. The molecule has 0 saturated carbocycles. The summed E-state index contributed by atoms with van der Waals surface area (Å²) in [4.78, 5) is 0. The van der Waals surface area contributed by atoms with E-state index in [0.717, 1.165) is 23.0 Å². The summed E-state index contributed by atoms with van der Waals surface area (Å²) in [7, 11) is 0. The van der Waals surface area contributed by atoms with Crippen molar-refractivity contribution in [2.24, 2.45) is 0 Å². The number of rotatable bonds is 2. The first kappa shape index (κ1) is 12.9. The van der Waals surface area contributed by atoms with Gasteiger partial charge in [0.2, 0.25) is 0 Å². The Morgan fingerprint density at radius 2 is 2.12 bits per heavy atom. The van der Waals surface area contributed by atoms with Crippen LogP contribution in [0.1, 0.15) is 56.2 Å². The van der Waals surface area contributed by atoms with Crippen LogP contribution in [0.2, 0.25) is 0 Å². The molecule has 0 aliphatic carbocycles. The van der Waals surface area contributed by atoms with Gasteiger partial charge in [-0.15, -0.1) is 0 Å². The summed E-state index contributed by atoms with van der Waals surface area (Å²) >= 11 is 3.61. The Balaban J connectivity index is 2.32. The molecule has 1 atom stereocenters. The standard InChI is InChI=1S/C14H20BrNO/c1-9(2)10-8-14(17)11(7-12(10)15)13-5-3-4-6-16-13/h7-9,13,16-17H,3-6H2,1-2H3. The fraction of sp³-hybridized carbons (Fsp3) is 0.571. The van der Waals surface area contributed by atoms with E-state index in [9.17, 15) is 5.11 Å². The van der Waals surface area contributed by atoms with Crippen LogP contribution in [0, 0.1) is 0 Å². The van der Waals surface area contributed by atoms with Crippen LogP contribution in [0.3, 0.4) is 0 Å². The van der Waals surface area contributed by atoms with E-state index in [4.69, 9.17) is 0 Å². The van der Waals surface area contributed by atoms with E-state index in [1.54, 1.807) is 0 Å². The lowest BCUT2D eigenvalue weighted by molar-refractivity contribution is 0.390. The number of halogens is 1. The van der Waals surface area contributed by atoms with E-state index in [0.29, 0.717) is 17.7 Å². The highest BCUT2D eigenvalue weighted by Crippen LogP contribution is 2.36. The van der Waals surface area contributed by atoms with E-state index >= 15 is 0 Å². The molecule has 1 heterocycles. The lowest BCUT2D eigenvalue weighted by atomic mass is 9.93. The molecule has 2 rings (SSSR count). The molecular weight excluding hydrogens is 278 g/mol. The van der Waals surface area contributed by atoms with E-state index < -0.39 is 0 Å². The van der Waals surface area contributed by atoms with Crippen molar-refractivity contribution < 1.29 is 5.11 Å². The van der Waals surface area contributed by atoms with Crippen molar-refractivity contribution in [3.8, 4) is 5.75 Å². The third-order valence-electron chi connectivity index (χ3n) is 3.45. The molecule has 94 valence electrons. The quantitative estimate of drug-likeness (QED) is 0.862. The highest BCUT2D eigenvalue weighted by Gasteiger charge is 2.20. The Morgan fingerprint density at radius 3 is 2.71 bits per heavy atom. The largest absolute Gasteiger partial charge is 0.508 e. The van der Waals surface area contributed by atoms with Gasteiger partial charge in [-0.1, -0.05) is 36.2 Å². The van der Waals surface area contributed by atoms with Crippen LogP contribution in [-0.2, 0) is 0 Å². The number of hydrogen-bond acceptors (Lipinski definition) is 2. The fourth-order valence-corrected chi connectivity index (χ4v) is 3.25. The molecule has 0 amide bonds. The second kappa shape index (κ2) is 5.40. The van der Waals surface area contributed by atoms with Crippen molar-refractivity contribution in [2.45, 2.75) is 45.1 Å². The minimum absolute atomic E-state index is 0.307. The molecule has 0 bridgehead atoms. The van der Waals surface area contributed by atoms with Gasteiger partial charge in [0, 0.05) is 16.1 Å². The molecule has 1 aromatic carbocycles. The average Bonchev–Trinajstić information content (AvgIpc) is 2.32. The topological polar surface area (TPSA) is 32.3 Å². The van der Waals surface area contributed by atoms with Gasteiger partial charge in [0.15, 0.2) is 0 Å². The lowest BCUT2D eigenvalue weighted by Crippen LogP contribution is -2.26. The van der Waals surface area contributed by atoms with Crippen molar-refractivity contribution in [3.05, 3.63) is 27.7 Å².